The summed E-state index contributed by atoms with van der Waals surface area (Å²) in [4.78, 5) is 0. The summed E-state index contributed by atoms with van der Waals surface area (Å²) in [6.45, 7) is 30.0. The van der Waals surface area contributed by atoms with Gasteiger partial charge in [-0.25, -0.2) is 0 Å². The zero-order chi connectivity index (χ0) is 30.1. The van der Waals surface area contributed by atoms with E-state index in [1.165, 1.54) is 73.2 Å². The molecule has 0 heteroatoms. The average Bonchev–Trinajstić information content (AvgIpc) is 2.89. The molecule has 0 amide bonds. The quantitative estimate of drug-likeness (QED) is 0.214. The van der Waals surface area contributed by atoms with E-state index in [0.29, 0.717) is 0 Å². The van der Waals surface area contributed by atoms with Crippen LogP contribution in [-0.2, 0) is 0 Å². The molecule has 0 saturated heterocycles. The van der Waals surface area contributed by atoms with Crippen molar-refractivity contribution < 1.29 is 0 Å². The summed E-state index contributed by atoms with van der Waals surface area (Å²) in [5, 5.41) is 0. The molecule has 0 bridgehead atoms. The fourth-order valence-corrected chi connectivity index (χ4v) is 3.52. The van der Waals surface area contributed by atoms with Crippen LogP contribution >= 0.6 is 0 Å². The number of benzene rings is 4. The van der Waals surface area contributed by atoms with Gasteiger partial charge in [-0.05, 0) is 150 Å². The predicted molar refractivity (Wildman–Crippen MR) is 179 cm³/mol. The Bertz CT molecular complexity index is 1090. The van der Waals surface area contributed by atoms with E-state index in [1.54, 1.807) is 0 Å². The first kappa shape index (κ1) is 35.9. The molecule has 0 unspecified atom stereocenters. The lowest BCUT2D eigenvalue weighted by molar-refractivity contribution is 1.09. The summed E-state index contributed by atoms with van der Waals surface area (Å²) in [5.74, 6) is 0. The van der Waals surface area contributed by atoms with Gasteiger partial charge in [0, 0.05) is 0 Å². The zero-order valence-corrected chi connectivity index (χ0v) is 27.6. The van der Waals surface area contributed by atoms with E-state index in [4.69, 9.17) is 0 Å². The molecule has 0 nitrogen and oxygen atoms in total. The van der Waals surface area contributed by atoms with Crippen LogP contribution in [0.1, 0.15) is 87.0 Å². The predicted octanol–water partition coefficient (Wildman–Crippen LogP) is 11.9. The maximum atomic E-state index is 2.24. The summed E-state index contributed by atoms with van der Waals surface area (Å²) < 4.78 is 0. The van der Waals surface area contributed by atoms with Crippen molar-refractivity contribution in [2.75, 3.05) is 0 Å². The largest absolute Gasteiger partial charge is 0.0656 e. The molecule has 212 valence electrons. The van der Waals surface area contributed by atoms with Crippen molar-refractivity contribution in [2.24, 2.45) is 0 Å². The molecule has 0 N–H and O–H groups in total. The monoisotopic (exact) mass is 524 g/mol. The van der Waals surface area contributed by atoms with Crippen molar-refractivity contribution in [3.8, 4) is 0 Å². The van der Waals surface area contributed by atoms with E-state index in [1.807, 2.05) is 0 Å². The Labute approximate surface area is 242 Å². The van der Waals surface area contributed by atoms with Crippen molar-refractivity contribution in [1.29, 1.82) is 0 Å². The Kier molecular flexibility index (Phi) is 17.5. The standard InChI is InChI=1S/2C10H14.2C8H10.C3H8/c1-7-5-9(3)10(4)6-8(7)2;1-7-5-6-8(2)10(4)9(7)3;2*1-7-5-3-4-6-8(7)2;1-3-2/h2*5-6H,1-4H3;2*3-6H,1-2H3;3H2,1-2H3. The van der Waals surface area contributed by atoms with Gasteiger partial charge in [-0.15, -0.1) is 0 Å². The molecule has 0 atom stereocenters. The third-order valence-electron chi connectivity index (χ3n) is 7.29. The van der Waals surface area contributed by atoms with Crippen molar-refractivity contribution >= 4 is 0 Å². The van der Waals surface area contributed by atoms with Crippen LogP contribution in [0.5, 0.6) is 0 Å². The van der Waals surface area contributed by atoms with Gasteiger partial charge < -0.3 is 0 Å². The van der Waals surface area contributed by atoms with Crippen molar-refractivity contribution in [3.05, 3.63) is 140 Å². The first-order chi connectivity index (χ1) is 18.3. The van der Waals surface area contributed by atoms with E-state index >= 15 is 0 Å². The molecule has 0 saturated carbocycles. The number of aryl methyl sites for hydroxylation is 10. The van der Waals surface area contributed by atoms with Gasteiger partial charge in [0.1, 0.15) is 0 Å². The molecule has 4 rings (SSSR count). The highest BCUT2D eigenvalue weighted by molar-refractivity contribution is 5.38. The van der Waals surface area contributed by atoms with Gasteiger partial charge in [0.05, 0.1) is 0 Å². The minimum atomic E-state index is 1.25. The molecule has 4 aromatic carbocycles. The molecule has 0 aliphatic rings. The highest BCUT2D eigenvalue weighted by Crippen LogP contribution is 2.15. The highest BCUT2D eigenvalue weighted by atomic mass is 14.0. The third kappa shape index (κ3) is 14.0. The topological polar surface area (TPSA) is 0 Å². The maximum absolute atomic E-state index is 2.24. The normalized spacial score (nSPS) is 9.38. The second-order valence-corrected chi connectivity index (χ2v) is 10.8. The fourth-order valence-electron chi connectivity index (χ4n) is 3.52. The minimum Gasteiger partial charge on any atom is -0.0656 e. The Balaban J connectivity index is 0.000000479. The molecule has 0 aliphatic heterocycles. The van der Waals surface area contributed by atoms with Crippen molar-refractivity contribution in [2.45, 2.75) is 103 Å². The van der Waals surface area contributed by atoms with Crippen LogP contribution in [0.15, 0.2) is 72.8 Å². The van der Waals surface area contributed by atoms with Crippen LogP contribution in [-0.4, -0.2) is 0 Å². The van der Waals surface area contributed by atoms with Gasteiger partial charge in [0.2, 0.25) is 0 Å². The van der Waals surface area contributed by atoms with Gasteiger partial charge in [-0.1, -0.05) is 93.1 Å². The van der Waals surface area contributed by atoms with Crippen LogP contribution in [0.3, 0.4) is 0 Å². The summed E-state index contributed by atoms with van der Waals surface area (Å²) in [6, 6.07) is 25.6. The smallest absolute Gasteiger partial charge is 0.0392 e. The van der Waals surface area contributed by atoms with Crippen LogP contribution in [0, 0.1) is 83.1 Å². The van der Waals surface area contributed by atoms with Crippen LogP contribution < -0.4 is 0 Å². The SMILES string of the molecule is CCC.Cc1cc(C)c(C)cc1C.Cc1ccc(C)c(C)c1C.Cc1ccccc1C.Cc1ccccc1C. The van der Waals surface area contributed by atoms with E-state index in [9.17, 15) is 0 Å². The van der Waals surface area contributed by atoms with E-state index in [2.05, 4.69) is 170 Å². The lowest BCUT2D eigenvalue weighted by Gasteiger charge is -2.06. The van der Waals surface area contributed by atoms with Gasteiger partial charge >= 0.3 is 0 Å². The summed E-state index contributed by atoms with van der Waals surface area (Å²) in [5.41, 5.74) is 16.7. The Morgan fingerprint density at radius 1 is 0.308 bits per heavy atom. The highest BCUT2D eigenvalue weighted by Gasteiger charge is 1.98. The van der Waals surface area contributed by atoms with Gasteiger partial charge in [-0.3, -0.25) is 0 Å². The number of hydrogen-bond donors (Lipinski definition) is 0. The zero-order valence-electron chi connectivity index (χ0n) is 27.6. The lowest BCUT2D eigenvalue weighted by atomic mass is 10.0. The average molecular weight is 525 g/mol. The minimum absolute atomic E-state index is 1.25. The van der Waals surface area contributed by atoms with Gasteiger partial charge in [-0.2, -0.15) is 0 Å². The van der Waals surface area contributed by atoms with Crippen molar-refractivity contribution in [3.63, 3.8) is 0 Å². The molecular weight excluding hydrogens is 468 g/mol. The van der Waals surface area contributed by atoms with Crippen LogP contribution in [0.4, 0.5) is 0 Å². The van der Waals surface area contributed by atoms with Crippen molar-refractivity contribution in [1.82, 2.24) is 0 Å². The third-order valence-corrected chi connectivity index (χ3v) is 7.29. The molecule has 0 fully saturated rings. The fraction of sp³-hybridized carbons (Fsp3) is 0.385. The Morgan fingerprint density at radius 2 is 0.513 bits per heavy atom. The molecule has 39 heavy (non-hydrogen) atoms. The lowest BCUT2D eigenvalue weighted by Crippen LogP contribution is -1.88. The molecule has 0 heterocycles. The number of hydrogen-bond acceptors (Lipinski definition) is 0. The summed E-state index contributed by atoms with van der Waals surface area (Å²) in [6.07, 6.45) is 1.25. The molecule has 0 aromatic heterocycles. The Morgan fingerprint density at radius 3 is 0.692 bits per heavy atom. The number of rotatable bonds is 0. The summed E-state index contributed by atoms with van der Waals surface area (Å²) >= 11 is 0. The van der Waals surface area contributed by atoms with Gasteiger partial charge in [0.15, 0.2) is 0 Å². The van der Waals surface area contributed by atoms with Crippen LogP contribution in [0.2, 0.25) is 0 Å². The second-order valence-electron chi connectivity index (χ2n) is 10.8. The van der Waals surface area contributed by atoms with Gasteiger partial charge in [0.25, 0.3) is 0 Å². The Hall–Kier alpha value is -3.12. The van der Waals surface area contributed by atoms with E-state index < -0.39 is 0 Å². The molecular formula is C39H56. The maximum Gasteiger partial charge on any atom is -0.0392 e. The van der Waals surface area contributed by atoms with E-state index in [0.717, 1.165) is 0 Å². The summed E-state index contributed by atoms with van der Waals surface area (Å²) in [7, 11) is 0. The molecule has 4 aromatic rings. The molecule has 0 spiro atoms. The van der Waals surface area contributed by atoms with Crippen LogP contribution in [0.25, 0.3) is 0 Å². The first-order valence-electron chi connectivity index (χ1n) is 14.4. The second kappa shape index (κ2) is 19.0. The first-order valence-corrected chi connectivity index (χ1v) is 14.4. The van der Waals surface area contributed by atoms with E-state index in [-0.39, 0.29) is 0 Å². The molecule has 0 radical (unpaired) electrons. The molecule has 0 aliphatic carbocycles.